The van der Waals surface area contributed by atoms with Gasteiger partial charge in [0.05, 0.1) is 6.61 Å². The lowest BCUT2D eigenvalue weighted by Crippen LogP contribution is -2.09. The van der Waals surface area contributed by atoms with Crippen LogP contribution in [0.2, 0.25) is 0 Å². The molecule has 2 heterocycles. The molecule has 2 aromatic rings. The number of aryl methyl sites for hydroxylation is 2. The normalized spacial score (nSPS) is 10.7. The molecule has 5 heteroatoms. The third kappa shape index (κ3) is 1.54. The molecule has 0 atom stereocenters. The number of hydrogen-bond donors (Lipinski definition) is 0. The highest BCUT2D eigenvalue weighted by Crippen LogP contribution is 2.13. The quantitative estimate of drug-likeness (QED) is 0.718. The van der Waals surface area contributed by atoms with Crippen molar-refractivity contribution in [3.8, 4) is 0 Å². The molecule has 2 aromatic heterocycles. The molecule has 2 rings (SSSR count). The molecule has 16 heavy (non-hydrogen) atoms. The highest BCUT2D eigenvalue weighted by molar-refractivity contribution is 5.86. The maximum atomic E-state index is 11.6. The van der Waals surface area contributed by atoms with Crippen molar-refractivity contribution in [2.75, 3.05) is 6.61 Å². The molecule has 0 unspecified atom stereocenters. The Morgan fingerprint density at radius 3 is 2.88 bits per heavy atom. The summed E-state index contributed by atoms with van der Waals surface area (Å²) < 4.78 is 6.56. The fourth-order valence-electron chi connectivity index (χ4n) is 1.51. The second kappa shape index (κ2) is 3.92. The average molecular weight is 219 g/mol. The molecule has 0 saturated carbocycles. The summed E-state index contributed by atoms with van der Waals surface area (Å²) in [6.45, 7) is 6.04. The summed E-state index contributed by atoms with van der Waals surface area (Å²) in [6, 6.07) is 1.93. The van der Waals surface area contributed by atoms with Crippen LogP contribution in [0.3, 0.4) is 0 Å². The highest BCUT2D eigenvalue weighted by atomic mass is 16.5. The highest BCUT2D eigenvalue weighted by Gasteiger charge is 2.16. The summed E-state index contributed by atoms with van der Waals surface area (Å²) >= 11 is 0. The Kier molecular flexibility index (Phi) is 2.60. The van der Waals surface area contributed by atoms with Crippen molar-refractivity contribution >= 4 is 11.6 Å². The topological polar surface area (TPSA) is 56.5 Å². The first kappa shape index (κ1) is 10.6. The molecule has 0 N–H and O–H groups in total. The van der Waals surface area contributed by atoms with Gasteiger partial charge in [-0.15, -0.1) is 10.2 Å². The van der Waals surface area contributed by atoms with Crippen molar-refractivity contribution in [3.05, 3.63) is 29.2 Å². The molecule has 0 fully saturated rings. The predicted octanol–water partition coefficient (Wildman–Crippen LogP) is 1.52. The van der Waals surface area contributed by atoms with Crippen molar-refractivity contribution in [1.29, 1.82) is 0 Å². The molecule has 0 amide bonds. The zero-order chi connectivity index (χ0) is 11.7. The van der Waals surface area contributed by atoms with Crippen LogP contribution in [0.5, 0.6) is 0 Å². The number of pyridine rings is 1. The molecule has 5 nitrogen and oxygen atoms in total. The first-order valence-corrected chi connectivity index (χ1v) is 5.13. The van der Waals surface area contributed by atoms with Gasteiger partial charge in [-0.25, -0.2) is 4.79 Å². The van der Waals surface area contributed by atoms with Gasteiger partial charge in [-0.3, -0.25) is 4.40 Å². The Bertz CT molecular complexity index is 545. The van der Waals surface area contributed by atoms with Crippen molar-refractivity contribution in [1.82, 2.24) is 14.6 Å². The van der Waals surface area contributed by atoms with Crippen LogP contribution in [-0.4, -0.2) is 27.2 Å². The zero-order valence-corrected chi connectivity index (χ0v) is 9.52. The van der Waals surface area contributed by atoms with Crippen LogP contribution in [0, 0.1) is 13.8 Å². The van der Waals surface area contributed by atoms with Crippen molar-refractivity contribution in [3.63, 3.8) is 0 Å². The molecule has 0 spiro atoms. The Morgan fingerprint density at radius 1 is 1.44 bits per heavy atom. The summed E-state index contributed by atoms with van der Waals surface area (Å²) in [5, 5.41) is 7.85. The van der Waals surface area contributed by atoms with E-state index in [0.29, 0.717) is 12.3 Å². The van der Waals surface area contributed by atoms with Crippen molar-refractivity contribution < 1.29 is 9.53 Å². The second-order valence-corrected chi connectivity index (χ2v) is 3.56. The number of aromatic nitrogens is 3. The molecule has 0 aromatic carbocycles. The van der Waals surface area contributed by atoms with E-state index in [4.69, 9.17) is 4.74 Å². The minimum absolute atomic E-state index is 0.222. The van der Waals surface area contributed by atoms with Crippen LogP contribution in [0.1, 0.15) is 28.7 Å². The van der Waals surface area contributed by atoms with Crippen LogP contribution >= 0.6 is 0 Å². The van der Waals surface area contributed by atoms with Crippen molar-refractivity contribution in [2.45, 2.75) is 20.8 Å². The van der Waals surface area contributed by atoms with E-state index < -0.39 is 5.97 Å². The summed E-state index contributed by atoms with van der Waals surface area (Å²) in [5.74, 6) is -0.224. The minimum Gasteiger partial charge on any atom is -0.460 e. The van der Waals surface area contributed by atoms with E-state index in [1.54, 1.807) is 17.5 Å². The van der Waals surface area contributed by atoms with Gasteiger partial charge < -0.3 is 4.74 Å². The fourth-order valence-corrected chi connectivity index (χ4v) is 1.51. The number of fused-ring (bicyclic) bond motifs is 1. The Balaban J connectivity index is 2.58. The third-order valence-corrected chi connectivity index (χ3v) is 2.55. The summed E-state index contributed by atoms with van der Waals surface area (Å²) in [6.07, 6.45) is 1.78. The molecule has 0 bridgehead atoms. The molecular formula is C11H13N3O2. The number of nitrogens with zero attached hydrogens (tertiary/aromatic N) is 3. The van der Waals surface area contributed by atoms with Crippen LogP contribution in [0.4, 0.5) is 0 Å². The van der Waals surface area contributed by atoms with E-state index in [1.165, 1.54) is 0 Å². The van der Waals surface area contributed by atoms with E-state index in [1.807, 2.05) is 19.9 Å². The Morgan fingerprint density at radius 2 is 2.19 bits per heavy atom. The smallest absolute Gasteiger partial charge is 0.376 e. The second-order valence-electron chi connectivity index (χ2n) is 3.56. The van der Waals surface area contributed by atoms with E-state index >= 15 is 0 Å². The number of carbonyl (C=O) groups excluding carboxylic acids is 1. The van der Waals surface area contributed by atoms with Crippen LogP contribution in [-0.2, 0) is 4.74 Å². The van der Waals surface area contributed by atoms with E-state index in [0.717, 1.165) is 11.1 Å². The maximum Gasteiger partial charge on any atom is 0.376 e. The van der Waals surface area contributed by atoms with Gasteiger partial charge in [-0.2, -0.15) is 0 Å². The lowest BCUT2D eigenvalue weighted by Gasteiger charge is -2.03. The summed E-state index contributed by atoms with van der Waals surface area (Å²) in [4.78, 5) is 11.6. The third-order valence-electron chi connectivity index (χ3n) is 2.55. The number of carbonyl (C=O) groups is 1. The number of hydrogen-bond acceptors (Lipinski definition) is 4. The van der Waals surface area contributed by atoms with Gasteiger partial charge in [-0.1, -0.05) is 0 Å². The zero-order valence-electron chi connectivity index (χ0n) is 9.52. The van der Waals surface area contributed by atoms with E-state index in [2.05, 4.69) is 10.2 Å². The predicted molar refractivity (Wildman–Crippen MR) is 58.4 cm³/mol. The number of esters is 1. The Hall–Kier alpha value is -1.91. The van der Waals surface area contributed by atoms with Gasteiger partial charge in [0.15, 0.2) is 5.65 Å². The summed E-state index contributed by atoms with van der Waals surface area (Å²) in [5.41, 5.74) is 2.84. The summed E-state index contributed by atoms with van der Waals surface area (Å²) in [7, 11) is 0. The lowest BCUT2D eigenvalue weighted by atomic mass is 10.2. The number of rotatable bonds is 2. The SMILES string of the molecule is CCOC(=O)c1nnc2c(C)c(C)ccn12. The van der Waals surface area contributed by atoms with Gasteiger partial charge in [0.1, 0.15) is 0 Å². The monoisotopic (exact) mass is 219 g/mol. The molecule has 0 aliphatic heterocycles. The van der Waals surface area contributed by atoms with Crippen molar-refractivity contribution in [2.24, 2.45) is 0 Å². The maximum absolute atomic E-state index is 11.6. The van der Waals surface area contributed by atoms with E-state index in [9.17, 15) is 4.79 Å². The van der Waals surface area contributed by atoms with Gasteiger partial charge in [0, 0.05) is 6.20 Å². The van der Waals surface area contributed by atoms with Gasteiger partial charge in [0.25, 0.3) is 0 Å². The standard InChI is InChI=1S/C11H13N3O2/c1-4-16-11(15)10-13-12-9-8(3)7(2)5-6-14(9)10/h5-6H,4H2,1-3H3. The van der Waals surface area contributed by atoms with Crippen LogP contribution in [0.15, 0.2) is 12.3 Å². The molecule has 0 aliphatic rings. The van der Waals surface area contributed by atoms with E-state index in [-0.39, 0.29) is 5.82 Å². The molecule has 0 saturated heterocycles. The van der Waals surface area contributed by atoms with Crippen LogP contribution < -0.4 is 0 Å². The van der Waals surface area contributed by atoms with Crippen LogP contribution in [0.25, 0.3) is 5.65 Å². The van der Waals surface area contributed by atoms with Gasteiger partial charge in [0.2, 0.25) is 5.82 Å². The van der Waals surface area contributed by atoms with Gasteiger partial charge in [-0.05, 0) is 38.0 Å². The first-order chi connectivity index (χ1) is 7.65. The first-order valence-electron chi connectivity index (χ1n) is 5.13. The Labute approximate surface area is 93.1 Å². The molecular weight excluding hydrogens is 206 g/mol. The molecule has 0 aliphatic carbocycles. The fraction of sp³-hybridized carbons (Fsp3) is 0.364. The largest absolute Gasteiger partial charge is 0.460 e. The lowest BCUT2D eigenvalue weighted by molar-refractivity contribution is 0.0510. The molecule has 0 radical (unpaired) electrons. The minimum atomic E-state index is -0.446. The van der Waals surface area contributed by atoms with Gasteiger partial charge >= 0.3 is 5.97 Å². The molecule has 84 valence electrons. The average Bonchev–Trinajstić information content (AvgIpc) is 2.68. The number of ether oxygens (including phenoxy) is 1.